The van der Waals surface area contributed by atoms with E-state index in [0.717, 1.165) is 0 Å². The molecule has 12 nitrogen and oxygen atoms in total. The second-order valence-corrected chi connectivity index (χ2v) is 9.38. The minimum absolute atomic E-state index is 0.0278. The van der Waals surface area contributed by atoms with Crippen molar-refractivity contribution < 1.29 is 43.2 Å². The van der Waals surface area contributed by atoms with Gasteiger partial charge in [-0.1, -0.05) is 34.6 Å². The average Bonchev–Trinajstić information content (AvgIpc) is 2.83. The summed E-state index contributed by atoms with van der Waals surface area (Å²) in [6.45, 7) is 13.9. The molecule has 37 heavy (non-hydrogen) atoms. The van der Waals surface area contributed by atoms with E-state index in [1.807, 2.05) is 34.6 Å². The highest BCUT2D eigenvalue weighted by Gasteiger charge is 2.27. The molecular formula is C25H47N3O9. The summed E-state index contributed by atoms with van der Waals surface area (Å²) in [5, 5.41) is 16.7. The first-order valence-corrected chi connectivity index (χ1v) is 12.9. The molecule has 0 aromatic heterocycles. The maximum absolute atomic E-state index is 12.6. The van der Waals surface area contributed by atoms with Crippen LogP contribution >= 0.6 is 0 Å². The number of carbonyl (C=O) groups is 4. The van der Waals surface area contributed by atoms with E-state index in [1.54, 1.807) is 6.92 Å². The summed E-state index contributed by atoms with van der Waals surface area (Å²) in [4.78, 5) is 47.6. The summed E-state index contributed by atoms with van der Waals surface area (Å²) in [5.74, 6) is -2.04. The second-order valence-electron chi connectivity index (χ2n) is 9.38. The van der Waals surface area contributed by atoms with Gasteiger partial charge in [0.25, 0.3) is 0 Å². The first-order chi connectivity index (χ1) is 17.5. The highest BCUT2D eigenvalue weighted by atomic mass is 16.6. The smallest absolute Gasteiger partial charge is 0.305 e. The third-order valence-corrected chi connectivity index (χ3v) is 5.53. The van der Waals surface area contributed by atoms with E-state index in [4.69, 9.17) is 24.1 Å². The van der Waals surface area contributed by atoms with Crippen molar-refractivity contribution in [3.63, 3.8) is 0 Å². The Kier molecular flexibility index (Phi) is 19.5. The quantitative estimate of drug-likeness (QED) is 0.146. The third kappa shape index (κ3) is 17.7. The third-order valence-electron chi connectivity index (χ3n) is 5.53. The van der Waals surface area contributed by atoms with Crippen molar-refractivity contribution in [1.82, 2.24) is 16.0 Å². The van der Waals surface area contributed by atoms with Gasteiger partial charge in [0.05, 0.1) is 59.3 Å². The zero-order chi connectivity index (χ0) is 28.2. The fourth-order valence-corrected chi connectivity index (χ4v) is 2.80. The van der Waals surface area contributed by atoms with Gasteiger partial charge in [-0.2, -0.15) is 0 Å². The molecule has 0 aliphatic heterocycles. The van der Waals surface area contributed by atoms with E-state index in [-0.39, 0.29) is 55.7 Å². The zero-order valence-corrected chi connectivity index (χ0v) is 23.2. The van der Waals surface area contributed by atoms with Crippen LogP contribution in [-0.2, 0) is 38.1 Å². The van der Waals surface area contributed by atoms with Gasteiger partial charge in [0.1, 0.15) is 12.1 Å². The molecule has 1 unspecified atom stereocenters. The number of hydrogen-bond acceptors (Lipinski definition) is 8. The number of amides is 3. The molecule has 216 valence electrons. The van der Waals surface area contributed by atoms with Gasteiger partial charge in [-0.25, -0.2) is 0 Å². The lowest BCUT2D eigenvalue weighted by Gasteiger charge is -2.25. The lowest BCUT2D eigenvalue weighted by molar-refractivity contribution is -0.138. The molecule has 0 radical (unpaired) electrons. The summed E-state index contributed by atoms with van der Waals surface area (Å²) in [6, 6.07) is -1.49. The van der Waals surface area contributed by atoms with E-state index in [0.29, 0.717) is 39.6 Å². The number of nitrogens with one attached hydrogen (secondary N) is 3. The summed E-state index contributed by atoms with van der Waals surface area (Å²) in [6.07, 6.45) is -0.0278. The van der Waals surface area contributed by atoms with Gasteiger partial charge in [0.15, 0.2) is 0 Å². The van der Waals surface area contributed by atoms with Crippen molar-refractivity contribution >= 4 is 23.7 Å². The van der Waals surface area contributed by atoms with E-state index in [9.17, 15) is 19.2 Å². The van der Waals surface area contributed by atoms with Crippen molar-refractivity contribution in [3.05, 3.63) is 0 Å². The lowest BCUT2D eigenvalue weighted by Crippen LogP contribution is -2.55. The van der Waals surface area contributed by atoms with Crippen LogP contribution in [0.1, 0.15) is 48.0 Å². The van der Waals surface area contributed by atoms with Crippen molar-refractivity contribution in [2.75, 3.05) is 59.4 Å². The molecule has 0 saturated heterocycles. The fourth-order valence-electron chi connectivity index (χ4n) is 2.80. The molecule has 0 saturated carbocycles. The summed E-state index contributed by atoms with van der Waals surface area (Å²) < 4.78 is 21.2. The van der Waals surface area contributed by atoms with Crippen LogP contribution in [-0.4, -0.2) is 100 Å². The largest absolute Gasteiger partial charge is 0.481 e. The van der Waals surface area contributed by atoms with Crippen molar-refractivity contribution in [1.29, 1.82) is 0 Å². The summed E-state index contributed by atoms with van der Waals surface area (Å²) in [5.41, 5.74) is 0. The van der Waals surface area contributed by atoms with Crippen LogP contribution in [0.15, 0.2) is 0 Å². The molecule has 0 aromatic carbocycles. The highest BCUT2D eigenvalue weighted by molar-refractivity contribution is 5.92. The molecular weight excluding hydrogens is 486 g/mol. The van der Waals surface area contributed by atoms with Gasteiger partial charge in [-0.3, -0.25) is 19.2 Å². The number of carboxylic acid groups (broad SMARTS) is 1. The van der Waals surface area contributed by atoms with E-state index in [2.05, 4.69) is 16.0 Å². The Balaban J connectivity index is 3.97. The Morgan fingerprint density at radius 3 is 1.57 bits per heavy atom. The monoisotopic (exact) mass is 533 g/mol. The molecule has 3 amide bonds. The molecule has 0 rings (SSSR count). The van der Waals surface area contributed by atoms with E-state index in [1.165, 1.54) is 0 Å². The maximum atomic E-state index is 12.6. The molecule has 0 aliphatic rings. The fraction of sp³-hybridized carbons (Fsp3) is 0.840. The Morgan fingerprint density at radius 1 is 0.622 bits per heavy atom. The predicted molar refractivity (Wildman–Crippen MR) is 137 cm³/mol. The molecule has 12 heteroatoms. The number of aliphatic carboxylic acids is 1. The van der Waals surface area contributed by atoms with Crippen molar-refractivity contribution in [3.8, 4) is 0 Å². The summed E-state index contributed by atoms with van der Waals surface area (Å²) >= 11 is 0. The molecule has 0 aliphatic carbocycles. The van der Waals surface area contributed by atoms with Crippen LogP contribution in [0.5, 0.6) is 0 Å². The number of hydrogen-bond donors (Lipinski definition) is 4. The minimum atomic E-state index is -0.896. The van der Waals surface area contributed by atoms with Crippen LogP contribution in [0.25, 0.3) is 0 Å². The van der Waals surface area contributed by atoms with Crippen molar-refractivity contribution in [2.24, 2.45) is 17.8 Å². The van der Waals surface area contributed by atoms with Gasteiger partial charge in [-0.15, -0.1) is 0 Å². The average molecular weight is 534 g/mol. The summed E-state index contributed by atoms with van der Waals surface area (Å²) in [7, 11) is 0. The van der Waals surface area contributed by atoms with Gasteiger partial charge < -0.3 is 40.0 Å². The highest BCUT2D eigenvalue weighted by Crippen LogP contribution is 2.10. The van der Waals surface area contributed by atoms with E-state index >= 15 is 0 Å². The molecule has 4 N–H and O–H groups in total. The van der Waals surface area contributed by atoms with Crippen LogP contribution in [0.3, 0.4) is 0 Å². The van der Waals surface area contributed by atoms with Crippen LogP contribution in [0, 0.1) is 17.8 Å². The molecule has 0 heterocycles. The van der Waals surface area contributed by atoms with Crippen LogP contribution in [0.2, 0.25) is 0 Å². The van der Waals surface area contributed by atoms with Gasteiger partial charge >= 0.3 is 5.97 Å². The molecule has 3 atom stereocenters. The first kappa shape index (κ1) is 34.7. The van der Waals surface area contributed by atoms with Gasteiger partial charge in [0, 0.05) is 12.5 Å². The number of rotatable bonds is 22. The Hall–Kier alpha value is -2.28. The molecule has 0 bridgehead atoms. The number of ether oxygens (including phenoxy) is 4. The normalized spacial score (nSPS) is 13.7. The lowest BCUT2D eigenvalue weighted by atomic mass is 9.97. The van der Waals surface area contributed by atoms with Crippen molar-refractivity contribution in [2.45, 2.75) is 60.0 Å². The minimum Gasteiger partial charge on any atom is -0.481 e. The number of carboxylic acids is 1. The maximum Gasteiger partial charge on any atom is 0.305 e. The van der Waals surface area contributed by atoms with Gasteiger partial charge in [0.2, 0.25) is 17.7 Å². The molecule has 0 fully saturated rings. The molecule has 0 aromatic rings. The molecule has 0 spiro atoms. The zero-order valence-electron chi connectivity index (χ0n) is 23.2. The second kappa shape index (κ2) is 20.7. The van der Waals surface area contributed by atoms with Crippen LogP contribution < -0.4 is 16.0 Å². The Labute approximate surface area is 220 Å². The van der Waals surface area contributed by atoms with Gasteiger partial charge in [-0.05, 0) is 18.8 Å². The SMILES string of the molecule is CC(C)C(C)C(=O)N[C@H](C)C(=O)N[C@@H](C(=O)NCCOCCOCCOCCOCCC(=O)O)C(C)C. The standard InChI is InChI=1S/C25H47N3O9/c1-17(2)19(5)23(31)27-20(6)24(32)28-22(18(3)4)25(33)26-8-10-35-12-14-37-16-15-36-13-11-34-9-7-21(29)30/h17-20,22H,7-16H2,1-6H3,(H,26,33)(H,27,31)(H,28,32)(H,29,30)/t19?,20-,22-/m1/s1. The van der Waals surface area contributed by atoms with E-state index < -0.39 is 24.0 Å². The predicted octanol–water partition coefficient (Wildman–Crippen LogP) is 0.581. The number of carbonyl (C=O) groups excluding carboxylic acids is 3. The Morgan fingerprint density at radius 2 is 1.11 bits per heavy atom. The topological polar surface area (TPSA) is 162 Å². The van der Waals surface area contributed by atoms with Crippen LogP contribution in [0.4, 0.5) is 0 Å². The first-order valence-electron chi connectivity index (χ1n) is 12.9. The Bertz CT molecular complexity index is 674.